The number of amides is 1. The van der Waals surface area contributed by atoms with Crippen LogP contribution < -0.4 is 10.1 Å². The third kappa shape index (κ3) is 3.99. The standard InChI is InChI=1S/C24H17NO4/c26-22(25-17-8-2-1-3-9-17)15-29-18-10-6-7-16(13-18)14-21-23(27)19-11-4-5-12-20(19)24(21)28/h1-14H,15H2,(H,25,26). The molecule has 1 N–H and O–H groups in total. The number of para-hydroxylation sites is 1. The van der Waals surface area contributed by atoms with Crippen LogP contribution in [0.4, 0.5) is 5.69 Å². The normalized spacial score (nSPS) is 12.5. The Morgan fingerprint density at radius 1 is 0.828 bits per heavy atom. The molecule has 1 aliphatic carbocycles. The van der Waals surface area contributed by atoms with E-state index in [0.717, 1.165) is 0 Å². The van der Waals surface area contributed by atoms with E-state index in [1.54, 1.807) is 66.7 Å². The lowest BCUT2D eigenvalue weighted by molar-refractivity contribution is -0.118. The van der Waals surface area contributed by atoms with Gasteiger partial charge in [0.25, 0.3) is 5.91 Å². The summed E-state index contributed by atoms with van der Waals surface area (Å²) in [4.78, 5) is 37.0. The topological polar surface area (TPSA) is 72.5 Å². The van der Waals surface area contributed by atoms with Gasteiger partial charge in [-0.25, -0.2) is 0 Å². The number of rotatable bonds is 5. The lowest BCUT2D eigenvalue weighted by Gasteiger charge is -2.08. The number of ether oxygens (including phenoxy) is 1. The van der Waals surface area contributed by atoms with Gasteiger partial charge < -0.3 is 10.1 Å². The fraction of sp³-hybridized carbons (Fsp3) is 0.0417. The Morgan fingerprint density at radius 2 is 1.48 bits per heavy atom. The Labute approximate surface area is 167 Å². The van der Waals surface area contributed by atoms with Gasteiger partial charge in [-0.2, -0.15) is 0 Å². The van der Waals surface area contributed by atoms with Gasteiger partial charge in [-0.15, -0.1) is 0 Å². The van der Waals surface area contributed by atoms with Gasteiger partial charge in [0, 0.05) is 16.8 Å². The molecule has 0 fully saturated rings. The summed E-state index contributed by atoms with van der Waals surface area (Å²) in [5, 5.41) is 2.74. The van der Waals surface area contributed by atoms with Gasteiger partial charge >= 0.3 is 0 Å². The maximum atomic E-state index is 12.5. The highest BCUT2D eigenvalue weighted by molar-refractivity contribution is 6.41. The summed E-state index contributed by atoms with van der Waals surface area (Å²) < 4.78 is 5.55. The van der Waals surface area contributed by atoms with Gasteiger partial charge in [0.2, 0.25) is 0 Å². The second kappa shape index (κ2) is 7.94. The highest BCUT2D eigenvalue weighted by Crippen LogP contribution is 2.28. The second-order valence-corrected chi connectivity index (χ2v) is 6.54. The summed E-state index contributed by atoms with van der Waals surface area (Å²) in [6, 6.07) is 22.8. The average molecular weight is 383 g/mol. The molecule has 29 heavy (non-hydrogen) atoms. The van der Waals surface area contributed by atoms with E-state index in [2.05, 4.69) is 5.32 Å². The number of carbonyl (C=O) groups excluding carboxylic acids is 3. The SMILES string of the molecule is O=C(COc1cccc(C=C2C(=O)c3ccccc3C2=O)c1)Nc1ccccc1. The molecule has 0 saturated heterocycles. The Balaban J connectivity index is 1.46. The number of carbonyl (C=O) groups is 3. The van der Waals surface area contributed by atoms with E-state index < -0.39 is 0 Å². The molecule has 0 unspecified atom stereocenters. The largest absolute Gasteiger partial charge is 0.484 e. The van der Waals surface area contributed by atoms with Crippen molar-refractivity contribution < 1.29 is 19.1 Å². The molecule has 3 aromatic rings. The number of Topliss-reactive ketones (excluding diaryl/α,β-unsaturated/α-hetero) is 2. The molecular weight excluding hydrogens is 366 g/mol. The first-order valence-electron chi connectivity index (χ1n) is 9.10. The lowest BCUT2D eigenvalue weighted by Crippen LogP contribution is -2.20. The zero-order chi connectivity index (χ0) is 20.2. The van der Waals surface area contributed by atoms with Crippen LogP contribution in [-0.2, 0) is 4.79 Å². The van der Waals surface area contributed by atoms with Crippen molar-refractivity contribution in [1.29, 1.82) is 0 Å². The number of hydrogen-bond donors (Lipinski definition) is 1. The predicted octanol–water partition coefficient (Wildman–Crippen LogP) is 4.17. The van der Waals surface area contributed by atoms with Crippen molar-refractivity contribution in [3.8, 4) is 5.75 Å². The van der Waals surface area contributed by atoms with Crippen molar-refractivity contribution in [2.24, 2.45) is 0 Å². The van der Waals surface area contributed by atoms with E-state index in [9.17, 15) is 14.4 Å². The van der Waals surface area contributed by atoms with Crippen LogP contribution in [-0.4, -0.2) is 24.1 Å². The maximum Gasteiger partial charge on any atom is 0.262 e. The van der Waals surface area contributed by atoms with Crippen LogP contribution in [0.25, 0.3) is 6.08 Å². The zero-order valence-electron chi connectivity index (χ0n) is 15.4. The van der Waals surface area contributed by atoms with Crippen LogP contribution >= 0.6 is 0 Å². The molecule has 0 heterocycles. The van der Waals surface area contributed by atoms with Gasteiger partial charge in [-0.05, 0) is 35.9 Å². The number of fused-ring (bicyclic) bond motifs is 1. The summed E-state index contributed by atoms with van der Waals surface area (Å²) in [5.74, 6) is -0.368. The fourth-order valence-electron chi connectivity index (χ4n) is 3.13. The highest BCUT2D eigenvalue weighted by Gasteiger charge is 2.32. The molecular formula is C24H17NO4. The van der Waals surface area contributed by atoms with E-state index in [-0.39, 0.29) is 29.7 Å². The molecule has 1 aliphatic rings. The molecule has 5 nitrogen and oxygen atoms in total. The Bertz CT molecular complexity index is 1100. The van der Waals surface area contributed by atoms with Gasteiger partial charge in [0.1, 0.15) is 5.75 Å². The number of nitrogens with one attached hydrogen (secondary N) is 1. The third-order valence-electron chi connectivity index (χ3n) is 4.50. The summed E-state index contributed by atoms with van der Waals surface area (Å²) in [6.45, 7) is -0.155. The van der Waals surface area contributed by atoms with Crippen LogP contribution in [0.3, 0.4) is 0 Å². The molecule has 0 atom stereocenters. The Morgan fingerprint density at radius 3 is 2.17 bits per heavy atom. The minimum atomic E-state index is -0.281. The van der Waals surface area contributed by atoms with E-state index in [4.69, 9.17) is 4.74 Å². The van der Waals surface area contributed by atoms with Crippen molar-refractivity contribution in [2.45, 2.75) is 0 Å². The van der Waals surface area contributed by atoms with E-state index in [1.807, 2.05) is 18.2 Å². The fourth-order valence-corrected chi connectivity index (χ4v) is 3.13. The average Bonchev–Trinajstić information content (AvgIpc) is 2.98. The van der Waals surface area contributed by atoms with Crippen LogP contribution in [0.5, 0.6) is 5.75 Å². The minimum absolute atomic E-state index is 0.130. The molecule has 3 aromatic carbocycles. The molecule has 0 bridgehead atoms. The summed E-state index contributed by atoms with van der Waals surface area (Å²) in [6.07, 6.45) is 1.56. The first kappa shape index (κ1) is 18.4. The Kier molecular flexibility index (Phi) is 5.03. The monoisotopic (exact) mass is 383 g/mol. The van der Waals surface area contributed by atoms with Gasteiger partial charge in [0.05, 0.1) is 5.57 Å². The zero-order valence-corrected chi connectivity index (χ0v) is 15.4. The number of ketones is 2. The summed E-state index contributed by atoms with van der Waals surface area (Å²) in [5.41, 5.74) is 2.32. The van der Waals surface area contributed by atoms with Crippen molar-refractivity contribution in [1.82, 2.24) is 0 Å². The van der Waals surface area contributed by atoms with Crippen LogP contribution in [0.2, 0.25) is 0 Å². The predicted molar refractivity (Wildman–Crippen MR) is 110 cm³/mol. The van der Waals surface area contributed by atoms with Crippen molar-refractivity contribution >= 4 is 29.2 Å². The minimum Gasteiger partial charge on any atom is -0.484 e. The van der Waals surface area contributed by atoms with Crippen molar-refractivity contribution in [2.75, 3.05) is 11.9 Å². The number of allylic oxidation sites excluding steroid dienone is 1. The number of hydrogen-bond acceptors (Lipinski definition) is 4. The molecule has 0 spiro atoms. The van der Waals surface area contributed by atoms with E-state index in [1.165, 1.54) is 0 Å². The number of anilines is 1. The van der Waals surface area contributed by atoms with E-state index in [0.29, 0.717) is 28.1 Å². The van der Waals surface area contributed by atoms with Gasteiger partial charge in [-0.3, -0.25) is 14.4 Å². The summed E-state index contributed by atoms with van der Waals surface area (Å²) in [7, 11) is 0. The Hall–Kier alpha value is -3.99. The first-order valence-corrected chi connectivity index (χ1v) is 9.10. The quantitative estimate of drug-likeness (QED) is 0.530. The molecule has 0 aromatic heterocycles. The van der Waals surface area contributed by atoms with Crippen LogP contribution in [0.15, 0.2) is 84.4 Å². The van der Waals surface area contributed by atoms with Crippen molar-refractivity contribution in [3.63, 3.8) is 0 Å². The maximum absolute atomic E-state index is 12.5. The van der Waals surface area contributed by atoms with Crippen LogP contribution in [0, 0.1) is 0 Å². The van der Waals surface area contributed by atoms with Crippen LogP contribution in [0.1, 0.15) is 26.3 Å². The molecule has 4 rings (SSSR count). The molecule has 0 aliphatic heterocycles. The lowest BCUT2D eigenvalue weighted by atomic mass is 10.1. The smallest absolute Gasteiger partial charge is 0.262 e. The first-order chi connectivity index (χ1) is 14.1. The van der Waals surface area contributed by atoms with Gasteiger partial charge in [-0.1, -0.05) is 54.6 Å². The van der Waals surface area contributed by atoms with E-state index >= 15 is 0 Å². The third-order valence-corrected chi connectivity index (χ3v) is 4.50. The molecule has 142 valence electrons. The molecule has 0 saturated carbocycles. The number of benzene rings is 3. The second-order valence-electron chi connectivity index (χ2n) is 6.54. The highest BCUT2D eigenvalue weighted by atomic mass is 16.5. The molecule has 1 amide bonds. The molecule has 0 radical (unpaired) electrons. The van der Waals surface area contributed by atoms with Gasteiger partial charge in [0.15, 0.2) is 18.2 Å². The van der Waals surface area contributed by atoms with Crippen molar-refractivity contribution in [3.05, 3.63) is 101 Å². The summed E-state index contributed by atoms with van der Waals surface area (Å²) >= 11 is 0. The molecule has 5 heteroatoms.